The molecule has 0 saturated carbocycles. The zero-order valence-corrected chi connectivity index (χ0v) is 40.2. The van der Waals surface area contributed by atoms with Gasteiger partial charge >= 0.3 is 0 Å². The summed E-state index contributed by atoms with van der Waals surface area (Å²) in [6, 6.07) is 14.2. The third-order valence-corrected chi connectivity index (χ3v) is 16.0. The van der Waals surface area contributed by atoms with Gasteiger partial charge in [-0.15, -0.1) is 0 Å². The Morgan fingerprint density at radius 3 is 2.31 bits per heavy atom. The molecule has 11 rings (SSSR count). The predicted molar refractivity (Wildman–Crippen MR) is 259 cm³/mol. The Morgan fingerprint density at radius 1 is 0.829 bits per heavy atom. The minimum Gasteiger partial charge on any atom is -0.486 e. The first kappa shape index (κ1) is 46.0. The molecule has 17 nitrogen and oxygen atoms in total. The first-order valence-electron chi connectivity index (χ1n) is 24.1. The van der Waals surface area contributed by atoms with Crippen LogP contribution in [0.1, 0.15) is 95.7 Å². The van der Waals surface area contributed by atoms with Gasteiger partial charge in [0.15, 0.2) is 0 Å². The lowest BCUT2D eigenvalue weighted by Gasteiger charge is -2.48. The highest BCUT2D eigenvalue weighted by molar-refractivity contribution is 6.35. The molecule has 2 aromatic carbocycles. The number of likely N-dealkylation sites (tertiary alicyclic amines) is 3. The minimum atomic E-state index is -0.998. The van der Waals surface area contributed by atoms with Crippen LogP contribution in [0.2, 0.25) is 10.0 Å². The van der Waals surface area contributed by atoms with E-state index in [2.05, 4.69) is 30.3 Å². The van der Waals surface area contributed by atoms with Crippen LogP contribution in [0.5, 0.6) is 5.75 Å². The molecule has 2 N–H and O–H groups in total. The van der Waals surface area contributed by atoms with Crippen LogP contribution in [0, 0.1) is 11.3 Å². The Labute approximate surface area is 413 Å². The SMILES string of the molecule is C[C@@H](Oc1ccc2[nH]nc(-c3ccc(N4CC5(CCN(C(=O)C6CCN(C(=O)CN7CCC(c8ccc9c(c8)C(=O)N(C8CCC(=O)NC8=O)C9=O)CC7)CC6)C5)C4)nc3)c2c1)c1c(Cl)cncc1Cl. The number of hydrogen-bond donors (Lipinski definition) is 2. The molecule has 19 heteroatoms. The van der Waals surface area contributed by atoms with E-state index in [0.717, 1.165) is 97.0 Å². The first-order chi connectivity index (χ1) is 33.8. The highest BCUT2D eigenvalue weighted by Crippen LogP contribution is 2.43. The Balaban J connectivity index is 0.623. The fraction of sp³-hybridized carbons (Fsp3) is 0.431. The number of benzene rings is 2. The summed E-state index contributed by atoms with van der Waals surface area (Å²) in [5, 5.41) is 11.7. The topological polar surface area (TPSA) is 194 Å². The van der Waals surface area contributed by atoms with E-state index >= 15 is 0 Å². The number of rotatable bonds is 10. The quantitative estimate of drug-likeness (QED) is 0.155. The van der Waals surface area contributed by atoms with Crippen LogP contribution in [0.3, 0.4) is 0 Å². The molecule has 9 heterocycles. The van der Waals surface area contributed by atoms with E-state index in [9.17, 15) is 28.8 Å². The molecule has 1 spiro atoms. The molecule has 1 unspecified atom stereocenters. The summed E-state index contributed by atoms with van der Waals surface area (Å²) < 4.78 is 6.26. The van der Waals surface area contributed by atoms with Crippen molar-refractivity contribution in [3.05, 3.63) is 99.4 Å². The predicted octanol–water partition coefficient (Wildman–Crippen LogP) is 6.02. The van der Waals surface area contributed by atoms with Gasteiger partial charge in [0, 0.05) is 92.1 Å². The van der Waals surface area contributed by atoms with Gasteiger partial charge in [0.25, 0.3) is 11.8 Å². The molecule has 362 valence electrons. The van der Waals surface area contributed by atoms with Gasteiger partial charge in [-0.05, 0) is 112 Å². The molecule has 6 amide bonds. The zero-order chi connectivity index (χ0) is 48.4. The van der Waals surface area contributed by atoms with E-state index in [0.29, 0.717) is 53.8 Å². The Kier molecular flexibility index (Phi) is 12.1. The average Bonchev–Trinajstić information content (AvgIpc) is 4.06. The molecule has 0 radical (unpaired) electrons. The van der Waals surface area contributed by atoms with Crippen molar-refractivity contribution in [3.63, 3.8) is 0 Å². The summed E-state index contributed by atoms with van der Waals surface area (Å²) in [5.41, 5.74) is 4.75. The fourth-order valence-corrected chi connectivity index (χ4v) is 12.1. The Morgan fingerprint density at radius 2 is 1.59 bits per heavy atom. The van der Waals surface area contributed by atoms with Gasteiger partial charge in [-0.1, -0.05) is 29.3 Å². The number of ether oxygens (including phenoxy) is 1. The van der Waals surface area contributed by atoms with E-state index in [4.69, 9.17) is 32.9 Å². The number of pyridine rings is 2. The Bertz CT molecular complexity index is 2920. The standard InChI is InChI=1S/C51H52Cl2N10O7/c1-29(45-38(52)23-54-24-39(45)53)70-34-4-6-40-37(21-34)46(58-57-40)33-3-8-42(55-22-33)62-27-51(28-62)14-19-61(26-51)48(67)31-12-17-60(18-13-31)44(65)25-59-15-10-30(11-16-59)32-2-5-35-36(20-32)50(69)63(49(35)68)41-7-9-43(64)56-47(41)66/h2-6,8,20-24,29-31,41H,7,9-19,25-28H2,1H3,(H,57,58)(H,56,64,66)/t29-,41?/m1/s1. The molecule has 70 heavy (non-hydrogen) atoms. The number of H-pyrrole nitrogens is 1. The minimum absolute atomic E-state index is 0.0483. The van der Waals surface area contributed by atoms with Gasteiger partial charge < -0.3 is 19.4 Å². The molecule has 0 bridgehead atoms. The largest absolute Gasteiger partial charge is 0.486 e. The lowest BCUT2D eigenvalue weighted by Crippen LogP contribution is -2.58. The van der Waals surface area contributed by atoms with Gasteiger partial charge in [0.2, 0.25) is 23.6 Å². The van der Waals surface area contributed by atoms with E-state index in [1.165, 1.54) is 0 Å². The van der Waals surface area contributed by atoms with Gasteiger partial charge in [0.05, 0.1) is 33.2 Å². The van der Waals surface area contributed by atoms with E-state index in [1.54, 1.807) is 24.5 Å². The molecular weight excluding hydrogens is 936 g/mol. The molecule has 6 aliphatic heterocycles. The summed E-state index contributed by atoms with van der Waals surface area (Å²) in [4.78, 5) is 96.3. The van der Waals surface area contributed by atoms with Crippen molar-refractivity contribution in [2.45, 2.75) is 69.9 Å². The summed E-state index contributed by atoms with van der Waals surface area (Å²) >= 11 is 12.8. The number of nitrogens with one attached hydrogen (secondary N) is 2. The van der Waals surface area contributed by atoms with Gasteiger partial charge in [-0.25, -0.2) is 4.98 Å². The number of aromatic amines is 1. The number of fused-ring (bicyclic) bond motifs is 2. The second-order valence-electron chi connectivity index (χ2n) is 19.8. The molecule has 5 saturated heterocycles. The number of imide groups is 2. The number of amides is 6. The van der Waals surface area contributed by atoms with Crippen LogP contribution >= 0.6 is 23.2 Å². The third kappa shape index (κ3) is 8.55. The molecular formula is C51H52Cl2N10O7. The maximum Gasteiger partial charge on any atom is 0.262 e. The number of nitrogens with zero attached hydrogens (tertiary/aromatic N) is 8. The van der Waals surface area contributed by atoms with Crippen LogP contribution in [0.4, 0.5) is 5.82 Å². The van der Waals surface area contributed by atoms with E-state index in [1.807, 2.05) is 59.3 Å². The smallest absolute Gasteiger partial charge is 0.262 e. The van der Waals surface area contributed by atoms with Crippen LogP contribution in [0.25, 0.3) is 22.2 Å². The van der Waals surface area contributed by atoms with Crippen LogP contribution in [0.15, 0.2) is 67.1 Å². The van der Waals surface area contributed by atoms with Crippen molar-refractivity contribution >= 4 is 75.4 Å². The lowest BCUT2D eigenvalue weighted by molar-refractivity contribution is -0.141. The van der Waals surface area contributed by atoms with Crippen molar-refractivity contribution in [2.75, 3.05) is 63.8 Å². The average molecular weight is 988 g/mol. The number of halogens is 2. The Hall–Kier alpha value is -6.43. The van der Waals surface area contributed by atoms with Gasteiger partial charge in [0.1, 0.15) is 29.4 Å². The van der Waals surface area contributed by atoms with Gasteiger partial charge in [-0.2, -0.15) is 5.10 Å². The van der Waals surface area contributed by atoms with Crippen molar-refractivity contribution in [1.29, 1.82) is 0 Å². The van der Waals surface area contributed by atoms with E-state index < -0.39 is 35.8 Å². The summed E-state index contributed by atoms with van der Waals surface area (Å²) in [6.45, 7) is 7.93. The highest BCUT2D eigenvalue weighted by atomic mass is 35.5. The number of aromatic nitrogens is 4. The van der Waals surface area contributed by atoms with Crippen LogP contribution in [-0.2, 0) is 19.2 Å². The molecule has 0 aliphatic carbocycles. The molecule has 3 aromatic heterocycles. The number of piperidine rings is 3. The monoisotopic (exact) mass is 986 g/mol. The molecule has 6 aliphatic rings. The zero-order valence-electron chi connectivity index (χ0n) is 38.7. The molecule has 2 atom stereocenters. The number of carbonyl (C=O) groups is 6. The maximum absolute atomic E-state index is 13.8. The molecule has 5 aromatic rings. The van der Waals surface area contributed by atoms with Crippen molar-refractivity contribution in [3.8, 4) is 17.0 Å². The van der Waals surface area contributed by atoms with Crippen LogP contribution < -0.4 is 15.0 Å². The number of hydrogen-bond acceptors (Lipinski definition) is 12. The van der Waals surface area contributed by atoms with Crippen molar-refractivity contribution < 1.29 is 33.5 Å². The summed E-state index contributed by atoms with van der Waals surface area (Å²) in [5.74, 6) is -0.166. The second kappa shape index (κ2) is 18.4. The number of anilines is 1. The number of carbonyl (C=O) groups excluding carboxylic acids is 6. The van der Waals surface area contributed by atoms with Gasteiger partial charge in [-0.3, -0.25) is 54.0 Å². The highest BCUT2D eigenvalue weighted by Gasteiger charge is 2.50. The van der Waals surface area contributed by atoms with Crippen LogP contribution in [-0.4, -0.2) is 140 Å². The third-order valence-electron chi connectivity index (χ3n) is 15.4. The molecule has 5 fully saturated rings. The summed E-state index contributed by atoms with van der Waals surface area (Å²) in [7, 11) is 0. The first-order valence-corrected chi connectivity index (χ1v) is 24.9. The van der Waals surface area contributed by atoms with Crippen molar-refractivity contribution in [2.24, 2.45) is 11.3 Å². The second-order valence-corrected chi connectivity index (χ2v) is 20.6. The lowest BCUT2D eigenvalue weighted by atomic mass is 9.79. The maximum atomic E-state index is 13.8. The summed E-state index contributed by atoms with van der Waals surface area (Å²) in [6.07, 6.45) is 8.60. The normalized spacial score (nSPS) is 21.4. The van der Waals surface area contributed by atoms with Crippen molar-refractivity contribution in [1.82, 2.24) is 45.1 Å². The fourth-order valence-electron chi connectivity index (χ4n) is 11.5. The van der Waals surface area contributed by atoms with E-state index in [-0.39, 0.29) is 53.0 Å².